The van der Waals surface area contributed by atoms with E-state index in [-0.39, 0.29) is 12.2 Å². The summed E-state index contributed by atoms with van der Waals surface area (Å²) in [7, 11) is 1.75. The topological polar surface area (TPSA) is 40.8 Å². The van der Waals surface area contributed by atoms with Crippen molar-refractivity contribution in [1.82, 2.24) is 4.57 Å². The summed E-state index contributed by atoms with van der Waals surface area (Å²) >= 11 is 0. The maximum Gasteiger partial charge on any atom is 0.161 e. The zero-order valence-corrected chi connectivity index (χ0v) is 11.0. The molecule has 2 rings (SSSR count). The fourth-order valence-corrected chi connectivity index (χ4v) is 1.90. The van der Waals surface area contributed by atoms with Crippen molar-refractivity contribution in [1.29, 1.82) is 5.26 Å². The Labute approximate surface area is 114 Å². The van der Waals surface area contributed by atoms with Crippen molar-refractivity contribution < 1.29 is 13.2 Å². The Morgan fingerprint density at radius 1 is 1.15 bits per heavy atom. The molecule has 0 saturated carbocycles. The number of nitrogens with zero attached hydrogens (tertiary/aromatic N) is 2. The molecule has 0 aliphatic carbocycles. The average Bonchev–Trinajstić information content (AvgIpc) is 2.69. The number of nitrogens with one attached hydrogen (secondary N) is 1. The lowest BCUT2D eigenvalue weighted by Gasteiger charge is -2.08. The molecule has 6 heteroatoms. The van der Waals surface area contributed by atoms with Crippen LogP contribution in [0.4, 0.5) is 18.9 Å². The van der Waals surface area contributed by atoms with Crippen molar-refractivity contribution in [2.75, 3.05) is 5.32 Å². The minimum absolute atomic E-state index is 0.120. The van der Waals surface area contributed by atoms with E-state index in [1.165, 1.54) is 0 Å². The lowest BCUT2D eigenvalue weighted by molar-refractivity contribution is 0.496. The van der Waals surface area contributed by atoms with E-state index >= 15 is 0 Å². The second-order valence-corrected chi connectivity index (χ2v) is 4.41. The maximum atomic E-state index is 13.5. The molecule has 0 atom stereocenters. The minimum atomic E-state index is -1.23. The minimum Gasteiger partial charge on any atom is -0.378 e. The van der Waals surface area contributed by atoms with E-state index in [1.807, 2.05) is 13.0 Å². The Morgan fingerprint density at radius 3 is 2.40 bits per heavy atom. The zero-order chi connectivity index (χ0) is 14.9. The van der Waals surface area contributed by atoms with Crippen molar-refractivity contribution in [3.63, 3.8) is 0 Å². The van der Waals surface area contributed by atoms with Gasteiger partial charge in [0.25, 0.3) is 0 Å². The number of hydrogen-bond donors (Lipinski definition) is 1. The van der Waals surface area contributed by atoms with Crippen LogP contribution in [0.3, 0.4) is 0 Å². The Bertz CT molecular complexity index is 699. The standard InChI is InChI=1S/C14H12F3N3/c1-8-9(3-10(6-18)20(8)2)7-19-14-5-12(16)11(15)4-13(14)17/h3-5,19H,7H2,1-2H3. The number of anilines is 1. The molecule has 0 aliphatic heterocycles. The highest BCUT2D eigenvalue weighted by atomic mass is 19.2. The predicted octanol–water partition coefficient (Wildman–Crippen LogP) is 3.23. The fourth-order valence-electron chi connectivity index (χ4n) is 1.90. The van der Waals surface area contributed by atoms with Crippen LogP contribution < -0.4 is 5.32 Å². The highest BCUT2D eigenvalue weighted by molar-refractivity contribution is 5.47. The third-order valence-electron chi connectivity index (χ3n) is 3.23. The molecular formula is C14H12F3N3. The molecule has 1 aromatic carbocycles. The van der Waals surface area contributed by atoms with Gasteiger partial charge in [-0.15, -0.1) is 0 Å². The highest BCUT2D eigenvalue weighted by Gasteiger charge is 2.12. The second kappa shape index (κ2) is 5.29. The molecule has 0 amide bonds. The van der Waals surface area contributed by atoms with Crippen molar-refractivity contribution in [2.24, 2.45) is 7.05 Å². The third kappa shape index (κ3) is 2.48. The summed E-state index contributed by atoms with van der Waals surface area (Å²) in [5.41, 5.74) is 1.99. The molecule has 2 aromatic rings. The summed E-state index contributed by atoms with van der Waals surface area (Å²) in [4.78, 5) is 0. The van der Waals surface area contributed by atoms with Crippen LogP contribution in [-0.4, -0.2) is 4.57 Å². The molecule has 1 aromatic heterocycles. The number of hydrogen-bond acceptors (Lipinski definition) is 2. The van der Waals surface area contributed by atoms with Crippen molar-refractivity contribution >= 4 is 5.69 Å². The molecule has 0 spiro atoms. The molecule has 104 valence electrons. The van der Waals surface area contributed by atoms with Crippen LogP contribution in [0.25, 0.3) is 0 Å². The Kier molecular flexibility index (Phi) is 3.70. The molecule has 0 radical (unpaired) electrons. The SMILES string of the molecule is Cc1c(CNc2cc(F)c(F)cc2F)cc(C#N)n1C. The lowest BCUT2D eigenvalue weighted by atomic mass is 10.2. The maximum absolute atomic E-state index is 13.5. The summed E-state index contributed by atoms with van der Waals surface area (Å²) in [6, 6.07) is 4.97. The first-order valence-corrected chi connectivity index (χ1v) is 5.87. The molecule has 0 aliphatic rings. The Hall–Kier alpha value is -2.42. The van der Waals surface area contributed by atoms with E-state index in [4.69, 9.17) is 5.26 Å². The van der Waals surface area contributed by atoms with E-state index in [0.717, 1.165) is 17.3 Å². The van der Waals surface area contributed by atoms with Gasteiger partial charge in [0.1, 0.15) is 17.6 Å². The van der Waals surface area contributed by atoms with Gasteiger partial charge in [-0.2, -0.15) is 5.26 Å². The van der Waals surface area contributed by atoms with Gasteiger partial charge in [0.15, 0.2) is 11.6 Å². The van der Waals surface area contributed by atoms with Gasteiger partial charge in [-0.05, 0) is 18.6 Å². The molecule has 0 saturated heterocycles. The Morgan fingerprint density at radius 2 is 1.80 bits per heavy atom. The molecule has 1 N–H and O–H groups in total. The summed E-state index contributed by atoms with van der Waals surface area (Å²) in [5, 5.41) is 11.6. The predicted molar refractivity (Wildman–Crippen MR) is 68.5 cm³/mol. The van der Waals surface area contributed by atoms with E-state index < -0.39 is 17.5 Å². The van der Waals surface area contributed by atoms with Gasteiger partial charge in [0.2, 0.25) is 0 Å². The Balaban J connectivity index is 2.22. The number of rotatable bonds is 3. The van der Waals surface area contributed by atoms with E-state index in [0.29, 0.717) is 11.8 Å². The lowest BCUT2D eigenvalue weighted by Crippen LogP contribution is -2.04. The van der Waals surface area contributed by atoms with Crippen molar-refractivity contribution in [3.8, 4) is 6.07 Å². The number of aromatic nitrogens is 1. The van der Waals surface area contributed by atoms with Gasteiger partial charge >= 0.3 is 0 Å². The number of benzene rings is 1. The van der Waals surface area contributed by atoms with E-state index in [2.05, 4.69) is 5.32 Å². The average molecular weight is 279 g/mol. The van der Waals surface area contributed by atoms with Crippen molar-refractivity contribution in [3.05, 3.63) is 52.6 Å². The summed E-state index contributed by atoms with van der Waals surface area (Å²) in [5.74, 6) is -3.20. The van der Waals surface area contributed by atoms with Gasteiger partial charge in [-0.1, -0.05) is 0 Å². The molecule has 3 nitrogen and oxygen atoms in total. The van der Waals surface area contributed by atoms with Gasteiger partial charge in [-0.25, -0.2) is 13.2 Å². The monoisotopic (exact) mass is 279 g/mol. The summed E-state index contributed by atoms with van der Waals surface area (Å²) < 4.78 is 41.0. The van der Waals surface area contributed by atoms with Crippen LogP contribution in [0.5, 0.6) is 0 Å². The van der Waals surface area contributed by atoms with Gasteiger partial charge in [0.05, 0.1) is 5.69 Å². The number of halogens is 3. The fraction of sp³-hybridized carbons (Fsp3) is 0.214. The van der Waals surface area contributed by atoms with Crippen LogP contribution in [0.2, 0.25) is 0 Å². The highest BCUT2D eigenvalue weighted by Crippen LogP contribution is 2.20. The van der Waals surface area contributed by atoms with E-state index in [1.54, 1.807) is 17.7 Å². The van der Waals surface area contributed by atoms with Gasteiger partial charge in [-0.3, -0.25) is 0 Å². The summed E-state index contributed by atoms with van der Waals surface area (Å²) in [6.45, 7) is 2.03. The van der Waals surface area contributed by atoms with Crippen LogP contribution in [0.15, 0.2) is 18.2 Å². The van der Waals surface area contributed by atoms with Crippen LogP contribution >= 0.6 is 0 Å². The second-order valence-electron chi connectivity index (χ2n) is 4.41. The zero-order valence-electron chi connectivity index (χ0n) is 11.0. The first-order chi connectivity index (χ1) is 9.43. The molecule has 0 unspecified atom stereocenters. The normalized spacial score (nSPS) is 10.4. The number of nitriles is 1. The first-order valence-electron chi connectivity index (χ1n) is 5.87. The largest absolute Gasteiger partial charge is 0.378 e. The molecule has 1 heterocycles. The van der Waals surface area contributed by atoms with Crippen molar-refractivity contribution in [2.45, 2.75) is 13.5 Å². The van der Waals surface area contributed by atoms with Crippen LogP contribution in [0.1, 0.15) is 17.0 Å². The van der Waals surface area contributed by atoms with E-state index in [9.17, 15) is 13.2 Å². The molecular weight excluding hydrogens is 267 g/mol. The molecule has 0 bridgehead atoms. The van der Waals surface area contributed by atoms with Gasteiger partial charge in [0, 0.05) is 31.4 Å². The molecule has 0 fully saturated rings. The van der Waals surface area contributed by atoms with Crippen LogP contribution in [-0.2, 0) is 13.6 Å². The van der Waals surface area contributed by atoms with Crippen LogP contribution in [0, 0.1) is 35.7 Å². The molecule has 20 heavy (non-hydrogen) atoms. The quantitative estimate of drug-likeness (QED) is 0.876. The first kappa shape index (κ1) is 14.0. The van der Waals surface area contributed by atoms with Gasteiger partial charge < -0.3 is 9.88 Å². The third-order valence-corrected chi connectivity index (χ3v) is 3.23. The smallest absolute Gasteiger partial charge is 0.161 e. The summed E-state index contributed by atoms with van der Waals surface area (Å²) in [6.07, 6.45) is 0.